The first kappa shape index (κ1) is 10.4. The van der Waals surface area contributed by atoms with Gasteiger partial charge in [0.15, 0.2) is 4.73 Å². The summed E-state index contributed by atoms with van der Waals surface area (Å²) in [6, 6.07) is 0. The number of halogens is 3. The summed E-state index contributed by atoms with van der Waals surface area (Å²) in [4.78, 5) is 7.17. The largest absolute Gasteiger partial charge is 0.265 e. The Balaban J connectivity index is 3.39. The molecular weight excluding hydrogens is 335 g/mol. The van der Waals surface area contributed by atoms with Gasteiger partial charge >= 0.3 is 0 Å². The summed E-state index contributed by atoms with van der Waals surface area (Å²) in [7, 11) is 1.29. The third kappa shape index (κ3) is 2.38. The molecule has 0 saturated carbocycles. The first-order valence-electron chi connectivity index (χ1n) is 2.54. The lowest BCUT2D eigenvalue weighted by Gasteiger charge is -1.97. The van der Waals surface area contributed by atoms with E-state index in [0.29, 0.717) is 4.73 Å². The molecule has 0 N–H and O–H groups in total. The minimum absolute atomic E-state index is 0.138. The summed E-state index contributed by atoms with van der Waals surface area (Å²) >= 11 is 5.91. The molecule has 0 unspecified atom stereocenters. The molecule has 8 heteroatoms. The molecule has 0 aliphatic heterocycles. The van der Waals surface area contributed by atoms with E-state index in [2.05, 4.69) is 41.8 Å². The Bertz CT molecular complexity index is 408. The van der Waals surface area contributed by atoms with Crippen molar-refractivity contribution in [1.29, 1.82) is 0 Å². The van der Waals surface area contributed by atoms with Gasteiger partial charge in [0.2, 0.25) is 0 Å². The second-order valence-electron chi connectivity index (χ2n) is 1.73. The van der Waals surface area contributed by atoms with E-state index in [0.717, 1.165) is 6.20 Å². The highest BCUT2D eigenvalue weighted by Gasteiger charge is 2.15. The van der Waals surface area contributed by atoms with Gasteiger partial charge in [-0.05, 0) is 31.9 Å². The zero-order valence-corrected chi connectivity index (χ0v) is 10.1. The molecule has 0 aromatic carbocycles. The van der Waals surface area contributed by atoms with Gasteiger partial charge in [-0.25, -0.2) is 18.4 Å². The van der Waals surface area contributed by atoms with Crippen molar-refractivity contribution in [3.8, 4) is 0 Å². The van der Waals surface area contributed by atoms with E-state index in [1.807, 2.05) is 0 Å². The number of hydrogen-bond donors (Lipinski definition) is 0. The molecule has 1 rings (SSSR count). The number of aromatic nitrogens is 2. The van der Waals surface area contributed by atoms with Crippen molar-refractivity contribution in [2.45, 2.75) is 4.90 Å². The average Bonchev–Trinajstić information content (AvgIpc) is 1.83. The molecule has 4 nitrogen and oxygen atoms in total. The minimum atomic E-state index is -3.77. The molecule has 0 saturated heterocycles. The zero-order chi connectivity index (χ0) is 9.35. The van der Waals surface area contributed by atoms with Crippen molar-refractivity contribution < 1.29 is 8.42 Å². The molecule has 0 bridgehead atoms. The normalized spacial score (nSPS) is 11.6. The van der Waals surface area contributed by atoms with E-state index < -0.39 is 9.05 Å². The van der Waals surface area contributed by atoms with Gasteiger partial charge in [0.1, 0.15) is 9.50 Å². The van der Waals surface area contributed by atoms with Crippen LogP contribution >= 0.6 is 42.5 Å². The van der Waals surface area contributed by atoms with Crippen LogP contribution in [0.2, 0.25) is 0 Å². The van der Waals surface area contributed by atoms with Crippen LogP contribution in [-0.2, 0) is 9.05 Å². The monoisotopic (exact) mass is 334 g/mol. The Kier molecular flexibility index (Phi) is 3.08. The van der Waals surface area contributed by atoms with Gasteiger partial charge in [-0.15, -0.1) is 0 Å². The van der Waals surface area contributed by atoms with Gasteiger partial charge in [-0.1, -0.05) is 0 Å². The lowest BCUT2D eigenvalue weighted by molar-refractivity contribution is 0.608. The summed E-state index contributed by atoms with van der Waals surface area (Å²) in [5, 5.41) is 0. The molecule has 0 amide bonds. The van der Waals surface area contributed by atoms with Crippen LogP contribution in [0.1, 0.15) is 0 Å². The van der Waals surface area contributed by atoms with Gasteiger partial charge in [0.05, 0.1) is 6.20 Å². The van der Waals surface area contributed by atoms with Crippen molar-refractivity contribution in [3.05, 3.63) is 15.5 Å². The quantitative estimate of drug-likeness (QED) is 0.447. The highest BCUT2D eigenvalue weighted by Crippen LogP contribution is 2.23. The van der Waals surface area contributed by atoms with E-state index in [1.165, 1.54) is 0 Å². The molecule has 0 spiro atoms. The molecule has 12 heavy (non-hydrogen) atoms. The molecule has 0 radical (unpaired) electrons. The molecule has 1 aromatic rings. The fourth-order valence-corrected chi connectivity index (χ4v) is 2.96. The number of hydrogen-bond acceptors (Lipinski definition) is 4. The molecule has 1 heterocycles. The minimum Gasteiger partial charge on any atom is -0.229 e. The van der Waals surface area contributed by atoms with Crippen molar-refractivity contribution >= 4 is 51.6 Å². The summed E-state index contributed by atoms with van der Waals surface area (Å²) in [6.07, 6.45) is 1.11. The third-order valence-electron chi connectivity index (χ3n) is 0.945. The molecule has 0 atom stereocenters. The van der Waals surface area contributed by atoms with Crippen molar-refractivity contribution in [3.63, 3.8) is 0 Å². The lowest BCUT2D eigenvalue weighted by atomic mass is 10.7. The highest BCUT2D eigenvalue weighted by molar-refractivity contribution is 9.11. The van der Waals surface area contributed by atoms with E-state index in [-0.39, 0.29) is 9.50 Å². The van der Waals surface area contributed by atoms with Crippen LogP contribution < -0.4 is 0 Å². The van der Waals surface area contributed by atoms with Crippen molar-refractivity contribution in [1.82, 2.24) is 9.97 Å². The fraction of sp³-hybridized carbons (Fsp3) is 0. The highest BCUT2D eigenvalue weighted by atomic mass is 79.9. The second kappa shape index (κ2) is 3.57. The van der Waals surface area contributed by atoms with Crippen LogP contribution in [0.15, 0.2) is 20.4 Å². The summed E-state index contributed by atoms with van der Waals surface area (Å²) in [5.41, 5.74) is 0. The number of rotatable bonds is 1. The van der Waals surface area contributed by atoms with Gasteiger partial charge in [0, 0.05) is 10.7 Å². The fourth-order valence-electron chi connectivity index (χ4n) is 0.494. The molecule has 0 aliphatic rings. The van der Waals surface area contributed by atoms with Crippen molar-refractivity contribution in [2.75, 3.05) is 0 Å². The smallest absolute Gasteiger partial charge is 0.229 e. The maximum Gasteiger partial charge on any atom is 0.265 e. The Morgan fingerprint density at radius 2 is 2.00 bits per heavy atom. The zero-order valence-electron chi connectivity index (χ0n) is 5.33. The first-order valence-corrected chi connectivity index (χ1v) is 6.43. The van der Waals surface area contributed by atoms with Crippen LogP contribution in [0.25, 0.3) is 0 Å². The topological polar surface area (TPSA) is 59.9 Å². The average molecular weight is 336 g/mol. The molecular formula is C4HBr2ClN2O2S. The predicted octanol–water partition coefficient (Wildman–Crippen LogP) is 1.93. The maximum absolute atomic E-state index is 10.8. The summed E-state index contributed by atoms with van der Waals surface area (Å²) in [5.74, 6) is 0. The second-order valence-corrected chi connectivity index (χ2v) is 5.73. The molecule has 1 aromatic heterocycles. The Labute approximate surface area is 90.0 Å². The van der Waals surface area contributed by atoms with Crippen LogP contribution in [0.3, 0.4) is 0 Å². The Morgan fingerprint density at radius 1 is 1.42 bits per heavy atom. The Hall–Kier alpha value is 0.280. The van der Waals surface area contributed by atoms with Crippen LogP contribution in [-0.4, -0.2) is 18.4 Å². The first-order chi connectivity index (χ1) is 5.41. The van der Waals surface area contributed by atoms with Crippen molar-refractivity contribution in [2.24, 2.45) is 0 Å². The van der Waals surface area contributed by atoms with Crippen LogP contribution in [0.5, 0.6) is 0 Å². The maximum atomic E-state index is 10.8. The third-order valence-corrected chi connectivity index (χ3v) is 3.52. The lowest BCUT2D eigenvalue weighted by Crippen LogP contribution is -1.96. The SMILES string of the molecule is O=S(=O)(Cl)c1cnc(Br)nc1Br. The van der Waals surface area contributed by atoms with Gasteiger partial charge < -0.3 is 0 Å². The van der Waals surface area contributed by atoms with Crippen LogP contribution in [0, 0.1) is 0 Å². The number of nitrogens with zero attached hydrogens (tertiary/aromatic N) is 2. The van der Waals surface area contributed by atoms with E-state index in [4.69, 9.17) is 10.7 Å². The molecule has 0 aliphatic carbocycles. The Morgan fingerprint density at radius 3 is 2.42 bits per heavy atom. The van der Waals surface area contributed by atoms with Gasteiger partial charge in [0.25, 0.3) is 9.05 Å². The molecule has 0 fully saturated rings. The summed E-state index contributed by atoms with van der Waals surface area (Å²) in [6.45, 7) is 0. The van der Waals surface area contributed by atoms with Gasteiger partial charge in [-0.3, -0.25) is 0 Å². The molecule has 66 valence electrons. The van der Waals surface area contributed by atoms with Gasteiger partial charge in [-0.2, -0.15) is 0 Å². The van der Waals surface area contributed by atoms with E-state index in [1.54, 1.807) is 0 Å². The standard InChI is InChI=1S/C4HBr2ClN2O2S/c5-3-2(12(7,10)11)1-8-4(6)9-3/h1H. The van der Waals surface area contributed by atoms with E-state index in [9.17, 15) is 8.42 Å². The van der Waals surface area contributed by atoms with Crippen LogP contribution in [0.4, 0.5) is 0 Å². The van der Waals surface area contributed by atoms with E-state index >= 15 is 0 Å². The summed E-state index contributed by atoms with van der Waals surface area (Å²) < 4.78 is 22.0. The predicted molar refractivity (Wildman–Crippen MR) is 50.5 cm³/mol.